The summed E-state index contributed by atoms with van der Waals surface area (Å²) in [6, 6.07) is 0.325. The lowest BCUT2D eigenvalue weighted by Crippen LogP contribution is -2.33. The fourth-order valence-corrected chi connectivity index (χ4v) is 2.16. The van der Waals surface area contributed by atoms with Crippen LogP contribution in [0.2, 0.25) is 0 Å². The van der Waals surface area contributed by atoms with Gasteiger partial charge in [0.1, 0.15) is 11.6 Å². The number of rotatable bonds is 6. The number of aliphatic hydroxyl groups is 1. The number of nitrogens with one attached hydrogen (secondary N) is 1. The van der Waals surface area contributed by atoms with Crippen LogP contribution in [0.25, 0.3) is 11.0 Å². The van der Waals surface area contributed by atoms with E-state index < -0.39 is 0 Å². The van der Waals surface area contributed by atoms with Crippen LogP contribution in [0.5, 0.6) is 0 Å². The molecule has 0 spiro atoms. The van der Waals surface area contributed by atoms with E-state index >= 15 is 0 Å². The number of aliphatic hydroxyl groups excluding tert-OH is 1. The average molecular weight is 278 g/mol. The largest absolute Gasteiger partial charge is 0.395 e. The van der Waals surface area contributed by atoms with Gasteiger partial charge in [-0.25, -0.2) is 9.97 Å². The van der Waals surface area contributed by atoms with E-state index in [1.54, 1.807) is 10.9 Å². The van der Waals surface area contributed by atoms with Gasteiger partial charge in [0.25, 0.3) is 0 Å². The van der Waals surface area contributed by atoms with Crippen molar-refractivity contribution in [1.82, 2.24) is 24.6 Å². The van der Waals surface area contributed by atoms with Crippen molar-refractivity contribution in [2.45, 2.75) is 26.4 Å². The summed E-state index contributed by atoms with van der Waals surface area (Å²) >= 11 is 0. The Morgan fingerprint density at radius 3 is 2.75 bits per heavy atom. The Bertz CT molecular complexity index is 579. The van der Waals surface area contributed by atoms with Crippen molar-refractivity contribution < 1.29 is 5.11 Å². The van der Waals surface area contributed by atoms with Gasteiger partial charge < -0.3 is 10.4 Å². The third kappa shape index (κ3) is 2.88. The molecular weight excluding hydrogens is 256 g/mol. The maximum Gasteiger partial charge on any atom is 0.163 e. The molecule has 0 bridgehead atoms. The minimum absolute atomic E-state index is 0.130. The van der Waals surface area contributed by atoms with Gasteiger partial charge in [0.15, 0.2) is 5.65 Å². The van der Waals surface area contributed by atoms with E-state index in [2.05, 4.69) is 39.1 Å². The number of hydrogen-bond acceptors (Lipinski definition) is 6. The SMILES string of the molecule is CNc1nc(CN(CCO)C(C)C)nc2c1cnn2C. The lowest BCUT2D eigenvalue weighted by Gasteiger charge is -2.24. The summed E-state index contributed by atoms with van der Waals surface area (Å²) in [5.41, 5.74) is 0.812. The van der Waals surface area contributed by atoms with Crippen molar-refractivity contribution in [2.75, 3.05) is 25.5 Å². The fraction of sp³-hybridized carbons (Fsp3) is 0.615. The molecule has 7 heteroatoms. The molecule has 0 atom stereocenters. The molecule has 0 aliphatic rings. The smallest absolute Gasteiger partial charge is 0.163 e. The Kier molecular flexibility index (Phi) is 4.51. The normalized spacial score (nSPS) is 11.8. The first-order chi connectivity index (χ1) is 9.56. The summed E-state index contributed by atoms with van der Waals surface area (Å²) < 4.78 is 1.74. The molecule has 0 aliphatic carbocycles. The maximum atomic E-state index is 9.14. The number of aryl methyl sites for hydroxylation is 1. The van der Waals surface area contributed by atoms with Crippen molar-refractivity contribution in [1.29, 1.82) is 0 Å². The highest BCUT2D eigenvalue weighted by Crippen LogP contribution is 2.19. The first-order valence-corrected chi connectivity index (χ1v) is 6.78. The third-order valence-corrected chi connectivity index (χ3v) is 3.34. The van der Waals surface area contributed by atoms with Gasteiger partial charge in [0.05, 0.1) is 24.7 Å². The molecule has 110 valence electrons. The highest BCUT2D eigenvalue weighted by atomic mass is 16.3. The topological polar surface area (TPSA) is 79.1 Å². The molecule has 0 aliphatic heterocycles. The minimum Gasteiger partial charge on any atom is -0.395 e. The molecule has 0 aromatic carbocycles. The van der Waals surface area contributed by atoms with Gasteiger partial charge in [-0.05, 0) is 13.8 Å². The first kappa shape index (κ1) is 14.7. The maximum absolute atomic E-state index is 9.14. The molecular formula is C13H22N6O. The number of aromatic nitrogens is 4. The molecule has 0 saturated heterocycles. The van der Waals surface area contributed by atoms with Crippen molar-refractivity contribution in [3.8, 4) is 0 Å². The highest BCUT2D eigenvalue weighted by molar-refractivity contribution is 5.86. The molecule has 0 amide bonds. The predicted molar refractivity (Wildman–Crippen MR) is 78.5 cm³/mol. The van der Waals surface area contributed by atoms with Crippen LogP contribution in [0.15, 0.2) is 6.20 Å². The van der Waals surface area contributed by atoms with E-state index in [1.165, 1.54) is 0 Å². The minimum atomic E-state index is 0.130. The molecule has 0 fully saturated rings. The van der Waals surface area contributed by atoms with E-state index in [0.29, 0.717) is 19.1 Å². The van der Waals surface area contributed by atoms with Crippen molar-refractivity contribution in [3.05, 3.63) is 12.0 Å². The predicted octanol–water partition coefficient (Wildman–Crippen LogP) is 0.608. The average Bonchev–Trinajstić information content (AvgIpc) is 2.79. The van der Waals surface area contributed by atoms with Gasteiger partial charge in [-0.2, -0.15) is 5.10 Å². The van der Waals surface area contributed by atoms with E-state index in [0.717, 1.165) is 22.7 Å². The second-order valence-corrected chi connectivity index (χ2v) is 5.03. The van der Waals surface area contributed by atoms with Gasteiger partial charge in [-0.3, -0.25) is 9.58 Å². The Morgan fingerprint density at radius 1 is 1.40 bits per heavy atom. The molecule has 2 rings (SSSR count). The van der Waals surface area contributed by atoms with E-state index in [9.17, 15) is 0 Å². The van der Waals surface area contributed by atoms with Gasteiger partial charge >= 0.3 is 0 Å². The molecule has 20 heavy (non-hydrogen) atoms. The van der Waals surface area contributed by atoms with Crippen LogP contribution < -0.4 is 5.32 Å². The molecule has 0 saturated carbocycles. The second kappa shape index (κ2) is 6.15. The quantitative estimate of drug-likeness (QED) is 0.806. The first-order valence-electron chi connectivity index (χ1n) is 6.78. The van der Waals surface area contributed by atoms with Crippen LogP contribution >= 0.6 is 0 Å². The van der Waals surface area contributed by atoms with E-state index in [1.807, 2.05) is 14.1 Å². The Hall–Kier alpha value is -1.73. The van der Waals surface area contributed by atoms with Gasteiger partial charge in [0, 0.05) is 26.7 Å². The van der Waals surface area contributed by atoms with Crippen molar-refractivity contribution >= 4 is 16.9 Å². The van der Waals surface area contributed by atoms with Gasteiger partial charge in [-0.1, -0.05) is 0 Å². The summed E-state index contributed by atoms with van der Waals surface area (Å²) in [6.07, 6.45) is 1.76. The zero-order valence-corrected chi connectivity index (χ0v) is 12.5. The summed E-state index contributed by atoms with van der Waals surface area (Å²) in [6.45, 7) is 5.53. The zero-order valence-electron chi connectivity index (χ0n) is 12.5. The van der Waals surface area contributed by atoms with Crippen LogP contribution in [0, 0.1) is 0 Å². The zero-order chi connectivity index (χ0) is 14.7. The molecule has 0 unspecified atom stereocenters. The highest BCUT2D eigenvalue weighted by Gasteiger charge is 2.15. The van der Waals surface area contributed by atoms with Crippen LogP contribution in [0.3, 0.4) is 0 Å². The summed E-state index contributed by atoms with van der Waals surface area (Å²) in [4.78, 5) is 11.2. The Morgan fingerprint density at radius 2 is 2.15 bits per heavy atom. The van der Waals surface area contributed by atoms with Crippen LogP contribution in [-0.4, -0.2) is 56.0 Å². The fourth-order valence-electron chi connectivity index (χ4n) is 2.16. The van der Waals surface area contributed by atoms with E-state index in [4.69, 9.17) is 5.11 Å². The van der Waals surface area contributed by atoms with Crippen molar-refractivity contribution in [2.24, 2.45) is 7.05 Å². The molecule has 2 aromatic heterocycles. The summed E-state index contributed by atoms with van der Waals surface area (Å²) in [7, 11) is 3.71. The van der Waals surface area contributed by atoms with Crippen LogP contribution in [0.1, 0.15) is 19.7 Å². The van der Waals surface area contributed by atoms with Crippen LogP contribution in [-0.2, 0) is 13.6 Å². The summed E-state index contributed by atoms with van der Waals surface area (Å²) in [5.74, 6) is 1.51. The Labute approximate surface area is 118 Å². The van der Waals surface area contributed by atoms with E-state index in [-0.39, 0.29) is 6.61 Å². The van der Waals surface area contributed by atoms with Gasteiger partial charge in [0.2, 0.25) is 0 Å². The monoisotopic (exact) mass is 278 g/mol. The standard InChI is InChI=1S/C13H22N6O/c1-9(2)19(5-6-20)8-11-16-12(14-3)10-7-15-18(4)13(10)17-11/h7,9,20H,5-6,8H2,1-4H3,(H,14,16,17). The molecule has 7 nitrogen and oxygen atoms in total. The summed E-state index contributed by atoms with van der Waals surface area (Å²) in [5, 5.41) is 17.4. The molecule has 2 N–H and O–H groups in total. The third-order valence-electron chi connectivity index (χ3n) is 3.34. The number of anilines is 1. The number of hydrogen-bond donors (Lipinski definition) is 2. The van der Waals surface area contributed by atoms with Crippen molar-refractivity contribution in [3.63, 3.8) is 0 Å². The molecule has 0 radical (unpaired) electrons. The number of fused-ring (bicyclic) bond motifs is 1. The lowest BCUT2D eigenvalue weighted by molar-refractivity contribution is 0.156. The van der Waals surface area contributed by atoms with Gasteiger partial charge in [-0.15, -0.1) is 0 Å². The number of nitrogens with zero attached hydrogens (tertiary/aromatic N) is 5. The lowest BCUT2D eigenvalue weighted by atomic mass is 10.3. The van der Waals surface area contributed by atoms with Crippen LogP contribution in [0.4, 0.5) is 5.82 Å². The molecule has 2 aromatic rings. The molecule has 2 heterocycles. The second-order valence-electron chi connectivity index (χ2n) is 5.03. The Balaban J connectivity index is 2.36.